The first-order valence-corrected chi connectivity index (χ1v) is 8.59. The number of fused-ring (bicyclic) bond motifs is 1. The molecule has 0 N–H and O–H groups in total. The van der Waals surface area contributed by atoms with Crippen molar-refractivity contribution < 1.29 is 0 Å². The van der Waals surface area contributed by atoms with Gasteiger partial charge in [0, 0.05) is 18.0 Å². The summed E-state index contributed by atoms with van der Waals surface area (Å²) in [7, 11) is 0. The van der Waals surface area contributed by atoms with Crippen molar-refractivity contribution in [1.82, 2.24) is 9.88 Å². The molecule has 0 aliphatic carbocycles. The Bertz CT molecular complexity index is 713. The monoisotopic (exact) mass is 309 g/mol. The molecule has 3 heterocycles. The van der Waals surface area contributed by atoms with Crippen LogP contribution >= 0.6 is 11.8 Å². The molecule has 4 rings (SSSR count). The summed E-state index contributed by atoms with van der Waals surface area (Å²) < 4.78 is 0. The van der Waals surface area contributed by atoms with E-state index in [2.05, 4.69) is 60.1 Å². The molecule has 1 saturated heterocycles. The second-order valence-corrected chi connectivity index (χ2v) is 7.46. The highest BCUT2D eigenvalue weighted by molar-refractivity contribution is 8.14. The number of thioether (sulfide) groups is 1. The standard InChI is InChI=1S/C18H19N3S/c1-12-6-5-7-14(10-12)17-16(15-8-3-4-9-19-15)20-18-21(17)11-13(2)22-18/h3-10,13,16-17H,11H2,1-2H3/t13-,16-,17-/m1/s1. The Morgan fingerprint density at radius 2 is 2.09 bits per heavy atom. The molecule has 112 valence electrons. The van der Waals surface area contributed by atoms with Crippen molar-refractivity contribution >= 4 is 16.9 Å². The van der Waals surface area contributed by atoms with E-state index in [0.717, 1.165) is 12.2 Å². The Kier molecular flexibility index (Phi) is 3.41. The quantitative estimate of drug-likeness (QED) is 0.840. The Morgan fingerprint density at radius 1 is 1.18 bits per heavy atom. The molecule has 1 fully saturated rings. The van der Waals surface area contributed by atoms with Crippen LogP contribution in [-0.4, -0.2) is 26.8 Å². The number of benzene rings is 1. The largest absolute Gasteiger partial charge is 0.341 e. The predicted molar refractivity (Wildman–Crippen MR) is 92.1 cm³/mol. The maximum absolute atomic E-state index is 5.00. The van der Waals surface area contributed by atoms with Gasteiger partial charge in [0.25, 0.3) is 0 Å². The number of aromatic nitrogens is 1. The fourth-order valence-electron chi connectivity index (χ4n) is 3.33. The molecule has 3 nitrogen and oxygen atoms in total. The molecule has 4 heteroatoms. The van der Waals surface area contributed by atoms with Gasteiger partial charge in [-0.05, 0) is 24.6 Å². The summed E-state index contributed by atoms with van der Waals surface area (Å²) in [4.78, 5) is 12.0. The Labute approximate surface area is 135 Å². The number of hydrogen-bond donors (Lipinski definition) is 0. The molecule has 0 radical (unpaired) electrons. The summed E-state index contributed by atoms with van der Waals surface area (Å²) >= 11 is 1.89. The number of aliphatic imine (C=N–C) groups is 1. The van der Waals surface area contributed by atoms with Gasteiger partial charge in [0.05, 0.1) is 11.7 Å². The van der Waals surface area contributed by atoms with Crippen LogP contribution in [0.2, 0.25) is 0 Å². The van der Waals surface area contributed by atoms with Gasteiger partial charge in [0.2, 0.25) is 0 Å². The first-order valence-electron chi connectivity index (χ1n) is 7.71. The van der Waals surface area contributed by atoms with E-state index in [0.29, 0.717) is 5.25 Å². The maximum Gasteiger partial charge on any atom is 0.160 e. The minimum absolute atomic E-state index is 0.0954. The first-order chi connectivity index (χ1) is 10.7. The smallest absolute Gasteiger partial charge is 0.160 e. The van der Waals surface area contributed by atoms with Gasteiger partial charge in [0.1, 0.15) is 6.04 Å². The SMILES string of the molecule is Cc1cccc([C@@H]2[C@@H](c3ccccn3)N=C3S[C@H](C)CN32)c1. The van der Waals surface area contributed by atoms with Gasteiger partial charge in [0.15, 0.2) is 5.17 Å². The minimum Gasteiger partial charge on any atom is -0.341 e. The van der Waals surface area contributed by atoms with Crippen LogP contribution in [0, 0.1) is 6.92 Å². The van der Waals surface area contributed by atoms with E-state index in [-0.39, 0.29) is 12.1 Å². The van der Waals surface area contributed by atoms with Crippen LogP contribution in [0.4, 0.5) is 0 Å². The maximum atomic E-state index is 5.00. The molecular weight excluding hydrogens is 290 g/mol. The van der Waals surface area contributed by atoms with Gasteiger partial charge in [-0.25, -0.2) is 0 Å². The zero-order chi connectivity index (χ0) is 15.1. The predicted octanol–water partition coefficient (Wildman–Crippen LogP) is 3.98. The first kappa shape index (κ1) is 13.8. The summed E-state index contributed by atoms with van der Waals surface area (Å²) in [6.07, 6.45) is 1.86. The van der Waals surface area contributed by atoms with Gasteiger partial charge in [-0.2, -0.15) is 0 Å². The molecule has 0 saturated carbocycles. The van der Waals surface area contributed by atoms with Gasteiger partial charge < -0.3 is 4.90 Å². The van der Waals surface area contributed by atoms with Crippen LogP contribution < -0.4 is 0 Å². The van der Waals surface area contributed by atoms with Crippen molar-refractivity contribution in [3.8, 4) is 0 Å². The third-order valence-corrected chi connectivity index (χ3v) is 5.37. The van der Waals surface area contributed by atoms with Crippen LogP contribution in [0.15, 0.2) is 53.7 Å². The van der Waals surface area contributed by atoms with E-state index >= 15 is 0 Å². The fourth-order valence-corrected chi connectivity index (χ4v) is 4.43. The number of amidine groups is 1. The lowest BCUT2D eigenvalue weighted by Gasteiger charge is -2.27. The van der Waals surface area contributed by atoms with E-state index in [1.807, 2.05) is 24.0 Å². The molecule has 1 aromatic heterocycles. The second-order valence-electron chi connectivity index (χ2n) is 6.05. The van der Waals surface area contributed by atoms with Crippen molar-refractivity contribution in [3.63, 3.8) is 0 Å². The van der Waals surface area contributed by atoms with Crippen LogP contribution in [-0.2, 0) is 0 Å². The van der Waals surface area contributed by atoms with Crippen LogP contribution in [0.1, 0.15) is 35.8 Å². The Balaban J connectivity index is 1.78. The molecule has 0 unspecified atom stereocenters. The minimum atomic E-state index is 0.0954. The zero-order valence-electron chi connectivity index (χ0n) is 12.8. The second kappa shape index (κ2) is 5.43. The third-order valence-electron chi connectivity index (χ3n) is 4.26. The van der Waals surface area contributed by atoms with Crippen molar-refractivity contribution in [2.45, 2.75) is 31.2 Å². The lowest BCUT2D eigenvalue weighted by atomic mass is 9.95. The Morgan fingerprint density at radius 3 is 2.86 bits per heavy atom. The molecule has 1 aromatic carbocycles. The van der Waals surface area contributed by atoms with E-state index in [1.165, 1.54) is 16.3 Å². The van der Waals surface area contributed by atoms with E-state index in [4.69, 9.17) is 4.99 Å². The highest BCUT2D eigenvalue weighted by Crippen LogP contribution is 2.47. The third kappa shape index (κ3) is 2.31. The normalized spacial score (nSPS) is 26.9. The van der Waals surface area contributed by atoms with E-state index in [9.17, 15) is 0 Å². The number of rotatable bonds is 2. The molecular formula is C18H19N3S. The topological polar surface area (TPSA) is 28.5 Å². The van der Waals surface area contributed by atoms with Gasteiger partial charge in [-0.1, -0.05) is 54.6 Å². The average Bonchev–Trinajstić information content (AvgIpc) is 3.04. The van der Waals surface area contributed by atoms with Crippen LogP contribution in [0.3, 0.4) is 0 Å². The van der Waals surface area contributed by atoms with Crippen molar-refractivity contribution in [1.29, 1.82) is 0 Å². The number of pyridine rings is 1. The van der Waals surface area contributed by atoms with Crippen molar-refractivity contribution in [2.75, 3.05) is 6.54 Å². The highest BCUT2D eigenvalue weighted by atomic mass is 32.2. The van der Waals surface area contributed by atoms with Crippen molar-refractivity contribution in [2.24, 2.45) is 4.99 Å². The fraction of sp³-hybridized carbons (Fsp3) is 0.333. The van der Waals surface area contributed by atoms with Crippen LogP contribution in [0.5, 0.6) is 0 Å². The summed E-state index contributed by atoms with van der Waals surface area (Å²) in [5.74, 6) is 0. The van der Waals surface area contributed by atoms with Gasteiger partial charge >= 0.3 is 0 Å². The molecule has 0 spiro atoms. The van der Waals surface area contributed by atoms with Gasteiger partial charge in [-0.3, -0.25) is 9.98 Å². The Hall–Kier alpha value is -1.81. The zero-order valence-corrected chi connectivity index (χ0v) is 13.6. The lowest BCUT2D eigenvalue weighted by Crippen LogP contribution is -2.28. The number of aryl methyl sites for hydroxylation is 1. The van der Waals surface area contributed by atoms with Crippen LogP contribution in [0.25, 0.3) is 0 Å². The molecule has 0 amide bonds. The van der Waals surface area contributed by atoms with Gasteiger partial charge in [-0.15, -0.1) is 0 Å². The van der Waals surface area contributed by atoms with E-state index in [1.54, 1.807) is 0 Å². The molecule has 2 aliphatic heterocycles. The molecule has 3 atom stereocenters. The summed E-state index contributed by atoms with van der Waals surface area (Å²) in [6, 6.07) is 15.3. The summed E-state index contributed by atoms with van der Waals surface area (Å²) in [5.41, 5.74) is 3.69. The number of hydrogen-bond acceptors (Lipinski definition) is 4. The highest BCUT2D eigenvalue weighted by Gasteiger charge is 2.43. The summed E-state index contributed by atoms with van der Waals surface area (Å²) in [5, 5.41) is 1.78. The molecule has 0 bridgehead atoms. The molecule has 2 aliphatic rings. The summed E-state index contributed by atoms with van der Waals surface area (Å²) in [6.45, 7) is 5.48. The van der Waals surface area contributed by atoms with Crippen molar-refractivity contribution in [3.05, 3.63) is 65.5 Å². The average molecular weight is 309 g/mol. The molecule has 22 heavy (non-hydrogen) atoms. The lowest BCUT2D eigenvalue weighted by molar-refractivity contribution is 0.321. The van der Waals surface area contributed by atoms with E-state index < -0.39 is 0 Å². The number of nitrogens with zero attached hydrogens (tertiary/aromatic N) is 3. The molecule has 2 aromatic rings.